The Morgan fingerprint density at radius 1 is 1.78 bits per heavy atom. The lowest BCUT2D eigenvalue weighted by Gasteiger charge is -2.05. The van der Waals surface area contributed by atoms with Crippen molar-refractivity contribution in [1.82, 2.24) is 5.43 Å². The van der Waals surface area contributed by atoms with Crippen molar-refractivity contribution in [3.63, 3.8) is 0 Å². The zero-order valence-corrected chi connectivity index (χ0v) is 5.55. The van der Waals surface area contributed by atoms with Crippen molar-refractivity contribution >= 4 is 5.91 Å². The number of nitrogens with two attached hydrogens (primary N) is 2. The fourth-order valence-electron chi connectivity index (χ4n) is 0.523. The molecule has 9 heavy (non-hydrogen) atoms. The standard InChI is InChI=1S/C5H13N3O/c1-4(2-3-6)5(9)8-7/h4H,2-3,6-7H2,1H3,(H,8,9)/t4-/m0/s1. The summed E-state index contributed by atoms with van der Waals surface area (Å²) in [5.41, 5.74) is 7.26. The third-order valence-corrected chi connectivity index (χ3v) is 1.19. The first kappa shape index (κ1) is 8.39. The van der Waals surface area contributed by atoms with Crippen LogP contribution in [-0.2, 0) is 4.79 Å². The molecule has 54 valence electrons. The number of hydrogen-bond donors (Lipinski definition) is 3. The SMILES string of the molecule is C[C@@H](CCN)C(=O)NN. The van der Waals surface area contributed by atoms with E-state index in [2.05, 4.69) is 5.43 Å². The monoisotopic (exact) mass is 131 g/mol. The van der Waals surface area contributed by atoms with Crippen LogP contribution >= 0.6 is 0 Å². The highest BCUT2D eigenvalue weighted by molar-refractivity contribution is 5.77. The van der Waals surface area contributed by atoms with Crippen LogP contribution in [0.25, 0.3) is 0 Å². The van der Waals surface area contributed by atoms with Crippen LogP contribution in [0.2, 0.25) is 0 Å². The highest BCUT2D eigenvalue weighted by Gasteiger charge is 2.08. The van der Waals surface area contributed by atoms with Gasteiger partial charge in [-0.3, -0.25) is 10.2 Å². The van der Waals surface area contributed by atoms with E-state index >= 15 is 0 Å². The zero-order valence-electron chi connectivity index (χ0n) is 5.55. The normalized spacial score (nSPS) is 12.8. The largest absolute Gasteiger partial charge is 0.330 e. The van der Waals surface area contributed by atoms with Crippen LogP contribution in [0.15, 0.2) is 0 Å². The van der Waals surface area contributed by atoms with E-state index in [9.17, 15) is 4.79 Å². The van der Waals surface area contributed by atoms with E-state index in [0.717, 1.165) is 0 Å². The summed E-state index contributed by atoms with van der Waals surface area (Å²) in [6.45, 7) is 2.31. The number of nitrogens with one attached hydrogen (secondary N) is 1. The lowest BCUT2D eigenvalue weighted by molar-refractivity contribution is -0.124. The molecule has 1 atom stereocenters. The quantitative estimate of drug-likeness (QED) is 0.260. The molecular formula is C5H13N3O. The van der Waals surface area contributed by atoms with Crippen LogP contribution in [0, 0.1) is 5.92 Å². The molecule has 1 amide bonds. The second-order valence-corrected chi connectivity index (χ2v) is 1.99. The maximum atomic E-state index is 10.6. The summed E-state index contributed by atoms with van der Waals surface area (Å²) in [7, 11) is 0. The van der Waals surface area contributed by atoms with Crippen molar-refractivity contribution in [2.75, 3.05) is 6.54 Å². The first-order valence-electron chi connectivity index (χ1n) is 2.93. The van der Waals surface area contributed by atoms with Crippen molar-refractivity contribution in [3.05, 3.63) is 0 Å². The molecule has 0 aromatic rings. The molecule has 0 aliphatic heterocycles. The van der Waals surface area contributed by atoms with Gasteiger partial charge in [-0.25, -0.2) is 5.84 Å². The highest BCUT2D eigenvalue weighted by Crippen LogP contribution is 1.97. The van der Waals surface area contributed by atoms with Gasteiger partial charge >= 0.3 is 0 Å². The van der Waals surface area contributed by atoms with Gasteiger partial charge in [-0.15, -0.1) is 0 Å². The maximum Gasteiger partial charge on any atom is 0.236 e. The third-order valence-electron chi connectivity index (χ3n) is 1.19. The Morgan fingerprint density at radius 3 is 2.67 bits per heavy atom. The van der Waals surface area contributed by atoms with Gasteiger partial charge in [-0.2, -0.15) is 0 Å². The Kier molecular flexibility index (Phi) is 4.00. The Balaban J connectivity index is 3.45. The number of hydrazine groups is 1. The molecule has 0 fully saturated rings. The lowest BCUT2D eigenvalue weighted by Crippen LogP contribution is -2.35. The van der Waals surface area contributed by atoms with Gasteiger partial charge in [-0.05, 0) is 13.0 Å². The molecule has 0 radical (unpaired) electrons. The molecule has 0 rings (SSSR count). The van der Waals surface area contributed by atoms with Crippen LogP contribution < -0.4 is 17.0 Å². The first-order valence-corrected chi connectivity index (χ1v) is 2.93. The molecule has 0 aliphatic rings. The molecule has 0 aromatic heterocycles. The Morgan fingerprint density at radius 2 is 2.33 bits per heavy atom. The number of hydrogen-bond acceptors (Lipinski definition) is 3. The van der Waals surface area contributed by atoms with Gasteiger partial charge in [-0.1, -0.05) is 6.92 Å². The van der Waals surface area contributed by atoms with Crippen LogP contribution in [0.5, 0.6) is 0 Å². The van der Waals surface area contributed by atoms with Gasteiger partial charge in [0, 0.05) is 5.92 Å². The maximum absolute atomic E-state index is 10.6. The summed E-state index contributed by atoms with van der Waals surface area (Å²) in [6, 6.07) is 0. The van der Waals surface area contributed by atoms with Crippen LogP contribution in [0.3, 0.4) is 0 Å². The predicted molar refractivity (Wildman–Crippen MR) is 35.2 cm³/mol. The molecule has 4 heteroatoms. The summed E-state index contributed by atoms with van der Waals surface area (Å²) in [4.78, 5) is 10.6. The van der Waals surface area contributed by atoms with Crippen molar-refractivity contribution in [2.24, 2.45) is 17.5 Å². The second kappa shape index (κ2) is 4.29. The molecule has 0 unspecified atom stereocenters. The molecule has 0 bridgehead atoms. The summed E-state index contributed by atoms with van der Waals surface area (Å²) in [6.07, 6.45) is 0.684. The summed E-state index contributed by atoms with van der Waals surface area (Å²) in [5.74, 6) is 4.64. The summed E-state index contributed by atoms with van der Waals surface area (Å²) < 4.78 is 0. The average molecular weight is 131 g/mol. The van der Waals surface area contributed by atoms with E-state index < -0.39 is 0 Å². The van der Waals surface area contributed by atoms with Crippen molar-refractivity contribution in [1.29, 1.82) is 0 Å². The lowest BCUT2D eigenvalue weighted by atomic mass is 10.1. The molecular weight excluding hydrogens is 118 g/mol. The Bertz CT molecular complexity index is 94.2. The number of amides is 1. The first-order chi connectivity index (χ1) is 4.22. The molecule has 5 N–H and O–H groups in total. The van der Waals surface area contributed by atoms with E-state index in [-0.39, 0.29) is 11.8 Å². The minimum atomic E-state index is -0.152. The topological polar surface area (TPSA) is 81.1 Å². The van der Waals surface area contributed by atoms with Gasteiger partial charge in [0.1, 0.15) is 0 Å². The van der Waals surface area contributed by atoms with Gasteiger partial charge in [0.05, 0.1) is 0 Å². The number of carbonyl (C=O) groups is 1. The third kappa shape index (κ3) is 3.05. The fraction of sp³-hybridized carbons (Fsp3) is 0.800. The van der Waals surface area contributed by atoms with Crippen LogP contribution in [-0.4, -0.2) is 12.5 Å². The van der Waals surface area contributed by atoms with Crippen molar-refractivity contribution in [2.45, 2.75) is 13.3 Å². The predicted octanol–water partition coefficient (Wildman–Crippen LogP) is -1.04. The van der Waals surface area contributed by atoms with Crippen molar-refractivity contribution in [3.8, 4) is 0 Å². The molecule has 0 heterocycles. The van der Waals surface area contributed by atoms with E-state index in [0.29, 0.717) is 13.0 Å². The number of carbonyl (C=O) groups excluding carboxylic acids is 1. The van der Waals surface area contributed by atoms with Gasteiger partial charge < -0.3 is 5.73 Å². The number of rotatable bonds is 3. The van der Waals surface area contributed by atoms with Gasteiger partial charge in [0.2, 0.25) is 5.91 Å². The minimum absolute atomic E-state index is 0.0694. The van der Waals surface area contributed by atoms with Crippen LogP contribution in [0.1, 0.15) is 13.3 Å². The average Bonchev–Trinajstić information content (AvgIpc) is 1.87. The summed E-state index contributed by atoms with van der Waals surface area (Å²) in [5, 5.41) is 0. The second-order valence-electron chi connectivity index (χ2n) is 1.99. The molecule has 0 spiro atoms. The molecule has 0 saturated carbocycles. The van der Waals surface area contributed by atoms with Gasteiger partial charge in [0.25, 0.3) is 0 Å². The Hall–Kier alpha value is -0.610. The smallest absolute Gasteiger partial charge is 0.236 e. The van der Waals surface area contributed by atoms with E-state index in [4.69, 9.17) is 11.6 Å². The molecule has 4 nitrogen and oxygen atoms in total. The summed E-state index contributed by atoms with van der Waals surface area (Å²) >= 11 is 0. The molecule has 0 saturated heterocycles. The van der Waals surface area contributed by atoms with Crippen molar-refractivity contribution < 1.29 is 4.79 Å². The Labute approximate surface area is 54.6 Å². The van der Waals surface area contributed by atoms with E-state index in [1.165, 1.54) is 0 Å². The van der Waals surface area contributed by atoms with E-state index in [1.807, 2.05) is 0 Å². The fourth-order valence-corrected chi connectivity index (χ4v) is 0.523. The zero-order chi connectivity index (χ0) is 7.28. The van der Waals surface area contributed by atoms with Crippen LogP contribution in [0.4, 0.5) is 0 Å². The van der Waals surface area contributed by atoms with Gasteiger partial charge in [0.15, 0.2) is 0 Å². The molecule has 0 aromatic carbocycles. The minimum Gasteiger partial charge on any atom is -0.330 e. The molecule has 0 aliphatic carbocycles. The van der Waals surface area contributed by atoms with E-state index in [1.54, 1.807) is 6.92 Å². The highest BCUT2D eigenvalue weighted by atomic mass is 16.2.